The molecule has 1 aromatic rings. The van der Waals surface area contributed by atoms with E-state index in [0.29, 0.717) is 29.8 Å². The minimum atomic E-state index is -0.227. The van der Waals surface area contributed by atoms with Crippen molar-refractivity contribution in [3.63, 3.8) is 0 Å². The van der Waals surface area contributed by atoms with Crippen LogP contribution < -0.4 is 5.32 Å². The molecule has 0 aromatic heterocycles. The van der Waals surface area contributed by atoms with Crippen molar-refractivity contribution < 1.29 is 14.6 Å². The maximum Gasteiger partial charge on any atom is 0.251 e. The van der Waals surface area contributed by atoms with Crippen LogP contribution in [0.15, 0.2) is 22.7 Å². The van der Waals surface area contributed by atoms with Gasteiger partial charge in [-0.1, -0.05) is 15.9 Å². The van der Waals surface area contributed by atoms with Gasteiger partial charge in [0, 0.05) is 17.4 Å². The smallest absolute Gasteiger partial charge is 0.251 e. The Labute approximate surface area is 117 Å². The van der Waals surface area contributed by atoms with Crippen molar-refractivity contribution in [2.24, 2.45) is 0 Å². The number of aromatic hydroxyl groups is 1. The molecule has 4 nitrogen and oxygen atoms in total. The number of ether oxygens (including phenoxy) is 1. The van der Waals surface area contributed by atoms with Crippen LogP contribution in [-0.4, -0.2) is 36.1 Å². The van der Waals surface area contributed by atoms with Gasteiger partial charge in [-0.05, 0) is 34.1 Å². The number of benzene rings is 1. The summed E-state index contributed by atoms with van der Waals surface area (Å²) in [4.78, 5) is 11.6. The molecule has 0 aliphatic carbocycles. The average molecular weight is 367 g/mol. The van der Waals surface area contributed by atoms with Crippen LogP contribution in [0.4, 0.5) is 0 Å². The fourth-order valence-electron chi connectivity index (χ4n) is 1.15. The topological polar surface area (TPSA) is 58.6 Å². The Kier molecular flexibility index (Phi) is 6.54. The van der Waals surface area contributed by atoms with Crippen molar-refractivity contribution in [3.8, 4) is 5.75 Å². The fourth-order valence-corrected chi connectivity index (χ4v) is 1.62. The van der Waals surface area contributed by atoms with E-state index in [0.717, 1.165) is 5.33 Å². The summed E-state index contributed by atoms with van der Waals surface area (Å²) in [5, 5.41) is 12.9. The van der Waals surface area contributed by atoms with E-state index in [2.05, 4.69) is 37.2 Å². The molecule has 0 aliphatic rings. The molecule has 0 saturated carbocycles. The molecule has 0 radical (unpaired) electrons. The van der Waals surface area contributed by atoms with Crippen LogP contribution in [0.25, 0.3) is 0 Å². The first-order chi connectivity index (χ1) is 8.15. The van der Waals surface area contributed by atoms with Crippen LogP contribution in [-0.2, 0) is 4.74 Å². The molecule has 1 aromatic carbocycles. The van der Waals surface area contributed by atoms with Gasteiger partial charge in [-0.2, -0.15) is 0 Å². The van der Waals surface area contributed by atoms with Crippen molar-refractivity contribution >= 4 is 37.8 Å². The van der Waals surface area contributed by atoms with E-state index in [1.807, 2.05) is 0 Å². The standard InChI is InChI=1S/C11H13Br2NO3/c12-3-5-17-6-4-14-11(16)8-1-2-9(13)10(15)7-8/h1-2,7,15H,3-6H2,(H,14,16). The van der Waals surface area contributed by atoms with Crippen molar-refractivity contribution in [3.05, 3.63) is 28.2 Å². The molecule has 0 fully saturated rings. The van der Waals surface area contributed by atoms with E-state index in [-0.39, 0.29) is 11.7 Å². The Morgan fingerprint density at radius 1 is 1.41 bits per heavy atom. The number of rotatable bonds is 6. The molecular weight excluding hydrogens is 354 g/mol. The first-order valence-electron chi connectivity index (χ1n) is 5.05. The molecule has 1 rings (SSSR count). The highest BCUT2D eigenvalue weighted by molar-refractivity contribution is 9.10. The predicted molar refractivity (Wildman–Crippen MR) is 72.8 cm³/mol. The summed E-state index contributed by atoms with van der Waals surface area (Å²) < 4.78 is 5.76. The van der Waals surface area contributed by atoms with Gasteiger partial charge in [0.2, 0.25) is 0 Å². The quantitative estimate of drug-likeness (QED) is 0.600. The van der Waals surface area contributed by atoms with Crippen molar-refractivity contribution in [2.75, 3.05) is 25.1 Å². The van der Waals surface area contributed by atoms with E-state index < -0.39 is 0 Å². The van der Waals surface area contributed by atoms with Crippen molar-refractivity contribution in [1.29, 1.82) is 0 Å². The van der Waals surface area contributed by atoms with Crippen LogP contribution in [0.2, 0.25) is 0 Å². The second-order valence-electron chi connectivity index (χ2n) is 3.22. The molecule has 0 heterocycles. The second kappa shape index (κ2) is 7.68. The number of halogens is 2. The molecule has 1 amide bonds. The maximum absolute atomic E-state index is 11.6. The van der Waals surface area contributed by atoms with E-state index in [9.17, 15) is 9.90 Å². The van der Waals surface area contributed by atoms with E-state index >= 15 is 0 Å². The summed E-state index contributed by atoms with van der Waals surface area (Å²) in [6.45, 7) is 1.54. The molecule has 94 valence electrons. The van der Waals surface area contributed by atoms with Crippen LogP contribution >= 0.6 is 31.9 Å². The average Bonchev–Trinajstić information content (AvgIpc) is 2.32. The summed E-state index contributed by atoms with van der Waals surface area (Å²) in [7, 11) is 0. The maximum atomic E-state index is 11.6. The van der Waals surface area contributed by atoms with Gasteiger partial charge < -0.3 is 15.2 Å². The molecule has 17 heavy (non-hydrogen) atoms. The first kappa shape index (κ1) is 14.5. The summed E-state index contributed by atoms with van der Waals surface area (Å²) in [6, 6.07) is 4.68. The predicted octanol–water partition coefficient (Wildman–Crippen LogP) is 2.30. The van der Waals surface area contributed by atoms with Gasteiger partial charge in [-0.15, -0.1) is 0 Å². The lowest BCUT2D eigenvalue weighted by atomic mass is 10.2. The number of phenolic OH excluding ortho intramolecular Hbond substituents is 1. The highest BCUT2D eigenvalue weighted by Crippen LogP contribution is 2.24. The van der Waals surface area contributed by atoms with Crippen LogP contribution in [0, 0.1) is 0 Å². The summed E-state index contributed by atoms with van der Waals surface area (Å²) in [6.07, 6.45) is 0. The lowest BCUT2D eigenvalue weighted by molar-refractivity contribution is 0.0923. The van der Waals surface area contributed by atoms with Crippen LogP contribution in [0.5, 0.6) is 5.75 Å². The Balaban J connectivity index is 2.39. The fraction of sp³-hybridized carbons (Fsp3) is 0.364. The van der Waals surface area contributed by atoms with Gasteiger partial charge in [-0.3, -0.25) is 4.79 Å². The molecule has 6 heteroatoms. The van der Waals surface area contributed by atoms with Gasteiger partial charge in [0.15, 0.2) is 0 Å². The summed E-state index contributed by atoms with van der Waals surface area (Å²) >= 11 is 6.39. The monoisotopic (exact) mass is 365 g/mol. The number of phenols is 1. The molecule has 0 unspecified atom stereocenters. The normalized spacial score (nSPS) is 10.2. The van der Waals surface area contributed by atoms with Crippen molar-refractivity contribution in [1.82, 2.24) is 5.32 Å². The van der Waals surface area contributed by atoms with E-state index in [4.69, 9.17) is 4.74 Å². The Hall–Kier alpha value is -0.590. The number of nitrogens with one attached hydrogen (secondary N) is 1. The van der Waals surface area contributed by atoms with Crippen LogP contribution in [0.1, 0.15) is 10.4 Å². The Morgan fingerprint density at radius 3 is 2.82 bits per heavy atom. The number of hydrogen-bond acceptors (Lipinski definition) is 3. The molecular formula is C11H13Br2NO3. The van der Waals surface area contributed by atoms with Gasteiger partial charge >= 0.3 is 0 Å². The van der Waals surface area contributed by atoms with Gasteiger partial charge in [0.05, 0.1) is 17.7 Å². The largest absolute Gasteiger partial charge is 0.507 e. The number of hydrogen-bond donors (Lipinski definition) is 2. The zero-order chi connectivity index (χ0) is 12.7. The second-order valence-corrected chi connectivity index (χ2v) is 4.87. The number of amides is 1. The molecule has 0 atom stereocenters. The molecule has 2 N–H and O–H groups in total. The number of carbonyl (C=O) groups excluding carboxylic acids is 1. The third kappa shape index (κ3) is 5.06. The van der Waals surface area contributed by atoms with E-state index in [1.54, 1.807) is 12.1 Å². The van der Waals surface area contributed by atoms with Crippen LogP contribution in [0.3, 0.4) is 0 Å². The number of carbonyl (C=O) groups is 1. The zero-order valence-corrected chi connectivity index (χ0v) is 12.3. The highest BCUT2D eigenvalue weighted by atomic mass is 79.9. The minimum Gasteiger partial charge on any atom is -0.507 e. The summed E-state index contributed by atoms with van der Waals surface area (Å²) in [5.74, 6) is -0.177. The molecule has 0 aliphatic heterocycles. The van der Waals surface area contributed by atoms with Gasteiger partial charge in [0.1, 0.15) is 5.75 Å². The third-order valence-corrected chi connectivity index (χ3v) is 2.96. The third-order valence-electron chi connectivity index (χ3n) is 1.96. The molecule has 0 bridgehead atoms. The first-order valence-corrected chi connectivity index (χ1v) is 6.97. The molecule has 0 saturated heterocycles. The SMILES string of the molecule is O=C(NCCOCCBr)c1ccc(Br)c(O)c1. The van der Waals surface area contributed by atoms with Gasteiger partial charge in [0.25, 0.3) is 5.91 Å². The zero-order valence-electron chi connectivity index (χ0n) is 9.08. The summed E-state index contributed by atoms with van der Waals surface area (Å²) in [5.41, 5.74) is 0.422. The lowest BCUT2D eigenvalue weighted by Gasteiger charge is -2.06. The van der Waals surface area contributed by atoms with E-state index in [1.165, 1.54) is 6.07 Å². The number of alkyl halides is 1. The Morgan fingerprint density at radius 2 is 2.18 bits per heavy atom. The minimum absolute atomic E-state index is 0.0492. The van der Waals surface area contributed by atoms with Gasteiger partial charge in [-0.25, -0.2) is 0 Å². The van der Waals surface area contributed by atoms with Crippen molar-refractivity contribution in [2.45, 2.75) is 0 Å². The Bertz CT molecular complexity index is 385. The lowest BCUT2D eigenvalue weighted by Crippen LogP contribution is -2.27. The highest BCUT2D eigenvalue weighted by Gasteiger charge is 2.07. The molecule has 0 spiro atoms.